The SMILES string of the molecule is CN(C)c1ccc2cc(-c3ccc(/C=C(\C#N)S(=O)(=O)NCC(O)CO)n3C)ccc2c1. The van der Waals surface area contributed by atoms with Crippen LogP contribution in [0.15, 0.2) is 53.4 Å². The van der Waals surface area contributed by atoms with Crippen molar-refractivity contribution in [1.82, 2.24) is 9.29 Å². The van der Waals surface area contributed by atoms with Crippen LogP contribution in [0.25, 0.3) is 28.1 Å². The van der Waals surface area contributed by atoms with Crippen molar-refractivity contribution in [3.63, 3.8) is 0 Å². The van der Waals surface area contributed by atoms with E-state index in [1.807, 2.05) is 41.8 Å². The molecule has 0 saturated heterocycles. The molecule has 0 amide bonds. The molecule has 3 aromatic rings. The fourth-order valence-electron chi connectivity index (χ4n) is 3.28. The highest BCUT2D eigenvalue weighted by atomic mass is 32.2. The molecule has 0 aliphatic rings. The van der Waals surface area contributed by atoms with Gasteiger partial charge in [-0.1, -0.05) is 18.2 Å². The first-order valence-corrected chi connectivity index (χ1v) is 11.4. The molecule has 3 N–H and O–H groups in total. The molecule has 0 bridgehead atoms. The lowest BCUT2D eigenvalue weighted by Crippen LogP contribution is -2.34. The lowest BCUT2D eigenvalue weighted by molar-refractivity contribution is 0.0989. The number of nitrogens with zero attached hydrogens (tertiary/aromatic N) is 3. The van der Waals surface area contributed by atoms with Gasteiger partial charge in [-0.25, -0.2) is 13.1 Å². The van der Waals surface area contributed by atoms with Gasteiger partial charge in [-0.3, -0.25) is 0 Å². The number of rotatable bonds is 8. The summed E-state index contributed by atoms with van der Waals surface area (Å²) in [6.07, 6.45) is 0.0368. The number of aromatic nitrogens is 1. The van der Waals surface area contributed by atoms with Crippen molar-refractivity contribution in [3.05, 3.63) is 59.1 Å². The van der Waals surface area contributed by atoms with E-state index in [4.69, 9.17) is 5.11 Å². The van der Waals surface area contributed by atoms with Gasteiger partial charge in [0, 0.05) is 44.8 Å². The smallest absolute Gasteiger partial charge is 0.250 e. The summed E-state index contributed by atoms with van der Waals surface area (Å²) in [5.74, 6) is 0. The predicted molar refractivity (Wildman–Crippen MR) is 126 cm³/mol. The Morgan fingerprint density at radius 1 is 1.19 bits per heavy atom. The van der Waals surface area contributed by atoms with Gasteiger partial charge in [0.2, 0.25) is 0 Å². The first-order valence-electron chi connectivity index (χ1n) is 9.94. The third-order valence-electron chi connectivity index (χ3n) is 5.20. The fraction of sp³-hybridized carbons (Fsp3) is 0.261. The molecule has 168 valence electrons. The molecule has 0 fully saturated rings. The summed E-state index contributed by atoms with van der Waals surface area (Å²) in [4.78, 5) is 1.56. The topological polar surface area (TPSA) is 119 Å². The zero-order chi connectivity index (χ0) is 23.5. The van der Waals surface area contributed by atoms with Gasteiger partial charge in [-0.15, -0.1) is 0 Å². The third kappa shape index (κ3) is 5.00. The lowest BCUT2D eigenvalue weighted by atomic mass is 10.0. The Morgan fingerprint density at radius 2 is 1.88 bits per heavy atom. The quantitative estimate of drug-likeness (QED) is 0.448. The molecule has 1 heterocycles. The summed E-state index contributed by atoms with van der Waals surface area (Å²) in [6, 6.07) is 17.6. The van der Waals surface area contributed by atoms with Gasteiger partial charge in [0.25, 0.3) is 10.0 Å². The molecular weight excluding hydrogens is 428 g/mol. The van der Waals surface area contributed by atoms with Crippen LogP contribution in [0, 0.1) is 11.3 Å². The third-order valence-corrected chi connectivity index (χ3v) is 6.53. The minimum atomic E-state index is -4.13. The van der Waals surface area contributed by atoms with Crippen LogP contribution in [-0.2, 0) is 17.1 Å². The van der Waals surface area contributed by atoms with Crippen LogP contribution < -0.4 is 9.62 Å². The van der Waals surface area contributed by atoms with Crippen LogP contribution in [0.3, 0.4) is 0 Å². The molecule has 1 aromatic heterocycles. The normalized spacial score (nSPS) is 13.2. The molecule has 0 aliphatic carbocycles. The van der Waals surface area contributed by atoms with Gasteiger partial charge in [0.15, 0.2) is 4.91 Å². The van der Waals surface area contributed by atoms with E-state index in [1.54, 1.807) is 19.2 Å². The van der Waals surface area contributed by atoms with E-state index in [1.165, 1.54) is 6.08 Å². The molecule has 1 unspecified atom stereocenters. The predicted octanol–water partition coefficient (Wildman–Crippen LogP) is 2.05. The number of sulfonamides is 1. The van der Waals surface area contributed by atoms with Crippen LogP contribution in [0.2, 0.25) is 0 Å². The minimum absolute atomic E-state index is 0.386. The van der Waals surface area contributed by atoms with Crippen molar-refractivity contribution in [2.24, 2.45) is 7.05 Å². The first-order chi connectivity index (χ1) is 15.2. The maximum absolute atomic E-state index is 12.4. The lowest BCUT2D eigenvalue weighted by Gasteiger charge is -2.13. The van der Waals surface area contributed by atoms with Gasteiger partial charge in [0.1, 0.15) is 6.07 Å². The number of nitrogens with one attached hydrogen (secondary N) is 1. The Hall–Kier alpha value is -3.16. The maximum Gasteiger partial charge on any atom is 0.250 e. The number of allylic oxidation sites excluding steroid dienone is 1. The summed E-state index contributed by atoms with van der Waals surface area (Å²) in [5, 5.41) is 29.8. The molecular formula is C23H26N4O4S. The monoisotopic (exact) mass is 454 g/mol. The molecule has 3 rings (SSSR count). The highest BCUT2D eigenvalue weighted by Crippen LogP contribution is 2.28. The number of hydrogen-bond acceptors (Lipinski definition) is 6. The Kier molecular flexibility index (Phi) is 7.01. The molecule has 0 saturated carbocycles. The summed E-state index contributed by atoms with van der Waals surface area (Å²) >= 11 is 0. The van der Waals surface area contributed by atoms with Crippen molar-refractivity contribution in [2.45, 2.75) is 6.10 Å². The van der Waals surface area contributed by atoms with Gasteiger partial charge in [-0.2, -0.15) is 5.26 Å². The summed E-state index contributed by atoms with van der Waals surface area (Å²) < 4.78 is 28.7. The largest absolute Gasteiger partial charge is 0.394 e. The summed E-state index contributed by atoms with van der Waals surface area (Å²) in [6.45, 7) is -0.972. The molecule has 1 atom stereocenters. The average molecular weight is 455 g/mol. The van der Waals surface area contributed by atoms with Crippen molar-refractivity contribution >= 4 is 32.6 Å². The van der Waals surface area contributed by atoms with Gasteiger partial charge < -0.3 is 19.7 Å². The minimum Gasteiger partial charge on any atom is -0.394 e. The number of aliphatic hydroxyl groups is 2. The summed E-state index contributed by atoms with van der Waals surface area (Å²) in [7, 11) is 1.66. The van der Waals surface area contributed by atoms with Crippen molar-refractivity contribution < 1.29 is 18.6 Å². The second kappa shape index (κ2) is 9.54. The summed E-state index contributed by atoms with van der Waals surface area (Å²) in [5.41, 5.74) is 3.48. The number of fused-ring (bicyclic) bond motifs is 1. The second-order valence-corrected chi connectivity index (χ2v) is 9.39. The zero-order valence-corrected chi connectivity index (χ0v) is 19.0. The first kappa shape index (κ1) is 23.5. The molecule has 2 aromatic carbocycles. The number of hydrogen-bond donors (Lipinski definition) is 3. The molecule has 32 heavy (non-hydrogen) atoms. The van der Waals surface area contributed by atoms with E-state index in [2.05, 4.69) is 29.0 Å². The standard InChI is InChI=1S/C23H26N4O4S/c1-26(2)19-7-6-16-10-18(5-4-17(16)11-19)23-9-8-20(27(23)3)12-22(13-24)32(30,31)25-14-21(29)15-28/h4-12,21,25,28-29H,14-15H2,1-3H3/b22-12+. The average Bonchev–Trinajstić information content (AvgIpc) is 3.14. The van der Waals surface area contributed by atoms with Gasteiger partial charge in [-0.05, 0) is 52.7 Å². The van der Waals surface area contributed by atoms with E-state index in [-0.39, 0.29) is 6.54 Å². The number of aliphatic hydroxyl groups excluding tert-OH is 2. The Balaban J connectivity index is 1.93. The molecule has 9 heteroatoms. The highest BCUT2D eigenvalue weighted by Gasteiger charge is 2.19. The molecule has 8 nitrogen and oxygen atoms in total. The van der Waals surface area contributed by atoms with Gasteiger partial charge in [0.05, 0.1) is 12.7 Å². The van der Waals surface area contributed by atoms with E-state index >= 15 is 0 Å². The Labute approximate surface area is 187 Å². The van der Waals surface area contributed by atoms with Crippen molar-refractivity contribution in [1.29, 1.82) is 5.26 Å². The van der Waals surface area contributed by atoms with Gasteiger partial charge >= 0.3 is 0 Å². The van der Waals surface area contributed by atoms with Crippen molar-refractivity contribution in [3.8, 4) is 17.3 Å². The maximum atomic E-state index is 12.4. The second-order valence-electron chi connectivity index (χ2n) is 7.65. The van der Waals surface area contributed by atoms with E-state index in [9.17, 15) is 18.8 Å². The van der Waals surface area contributed by atoms with Crippen LogP contribution in [0.1, 0.15) is 5.69 Å². The van der Waals surface area contributed by atoms with E-state index in [0.717, 1.165) is 27.7 Å². The van der Waals surface area contributed by atoms with Crippen LogP contribution in [0.5, 0.6) is 0 Å². The van der Waals surface area contributed by atoms with Crippen LogP contribution in [-0.4, -0.2) is 56.5 Å². The molecule has 0 spiro atoms. The zero-order valence-electron chi connectivity index (χ0n) is 18.1. The highest BCUT2D eigenvalue weighted by molar-refractivity contribution is 7.93. The van der Waals surface area contributed by atoms with Crippen molar-refractivity contribution in [2.75, 3.05) is 32.1 Å². The number of anilines is 1. The molecule has 0 aliphatic heterocycles. The van der Waals surface area contributed by atoms with Crippen LogP contribution in [0.4, 0.5) is 5.69 Å². The van der Waals surface area contributed by atoms with Crippen LogP contribution >= 0.6 is 0 Å². The van der Waals surface area contributed by atoms with E-state index < -0.39 is 27.6 Å². The Morgan fingerprint density at radius 3 is 2.53 bits per heavy atom. The number of benzene rings is 2. The molecule has 0 radical (unpaired) electrons. The fourth-order valence-corrected chi connectivity index (χ4v) is 4.25. The van der Waals surface area contributed by atoms with E-state index in [0.29, 0.717) is 5.69 Å². The number of nitriles is 1. The Bertz CT molecular complexity index is 1300.